The van der Waals surface area contributed by atoms with Crippen LogP contribution in [0.3, 0.4) is 0 Å². The van der Waals surface area contributed by atoms with Crippen LogP contribution in [0.4, 0.5) is 0 Å². The second-order valence-corrected chi connectivity index (χ2v) is 4.51. The van der Waals surface area contributed by atoms with E-state index < -0.39 is 0 Å². The first-order valence-electron chi connectivity index (χ1n) is 6.88. The van der Waals surface area contributed by atoms with Crippen LogP contribution in [0.15, 0.2) is 18.2 Å². The van der Waals surface area contributed by atoms with Crippen LogP contribution in [0.5, 0.6) is 11.5 Å². The maximum Gasteiger partial charge on any atom is 0.123 e. The van der Waals surface area contributed by atoms with Gasteiger partial charge in [-0.3, -0.25) is 4.90 Å². The average molecular weight is 251 g/mol. The van der Waals surface area contributed by atoms with Crippen LogP contribution >= 0.6 is 0 Å². The van der Waals surface area contributed by atoms with E-state index in [2.05, 4.69) is 25.7 Å². The van der Waals surface area contributed by atoms with Gasteiger partial charge in [0.25, 0.3) is 0 Å². The molecule has 3 heteroatoms. The highest BCUT2D eigenvalue weighted by atomic mass is 16.5. The number of hydrogen-bond donors (Lipinski definition) is 1. The number of ether oxygens (including phenoxy) is 1. The summed E-state index contributed by atoms with van der Waals surface area (Å²) < 4.78 is 5.50. The lowest BCUT2D eigenvalue weighted by atomic mass is 10.1. The Labute approximate surface area is 110 Å². The van der Waals surface area contributed by atoms with Crippen molar-refractivity contribution < 1.29 is 9.84 Å². The van der Waals surface area contributed by atoms with Crippen LogP contribution in [-0.2, 0) is 6.54 Å². The minimum Gasteiger partial charge on any atom is -0.507 e. The molecule has 0 atom stereocenters. The van der Waals surface area contributed by atoms with Crippen molar-refractivity contribution in [1.82, 2.24) is 4.90 Å². The fourth-order valence-electron chi connectivity index (χ4n) is 1.89. The molecule has 0 unspecified atom stereocenters. The summed E-state index contributed by atoms with van der Waals surface area (Å²) in [6, 6.07) is 5.61. The lowest BCUT2D eigenvalue weighted by Gasteiger charge is -2.20. The molecule has 0 spiro atoms. The second kappa shape index (κ2) is 7.98. The fourth-order valence-corrected chi connectivity index (χ4v) is 1.89. The molecule has 1 aromatic rings. The van der Waals surface area contributed by atoms with Gasteiger partial charge in [0, 0.05) is 18.2 Å². The maximum atomic E-state index is 10.00. The lowest BCUT2D eigenvalue weighted by molar-refractivity contribution is 0.275. The van der Waals surface area contributed by atoms with Crippen LogP contribution < -0.4 is 4.74 Å². The largest absolute Gasteiger partial charge is 0.507 e. The first-order valence-corrected chi connectivity index (χ1v) is 6.88. The third-order valence-corrected chi connectivity index (χ3v) is 2.91. The van der Waals surface area contributed by atoms with Crippen LogP contribution in [-0.4, -0.2) is 29.7 Å². The average Bonchev–Trinajstić information content (AvgIpc) is 2.38. The van der Waals surface area contributed by atoms with Crippen LogP contribution in [0.25, 0.3) is 0 Å². The zero-order chi connectivity index (χ0) is 13.4. The highest BCUT2D eigenvalue weighted by Crippen LogP contribution is 2.25. The van der Waals surface area contributed by atoms with Crippen molar-refractivity contribution in [2.75, 3.05) is 19.7 Å². The molecule has 0 aliphatic carbocycles. The van der Waals surface area contributed by atoms with Crippen molar-refractivity contribution in [1.29, 1.82) is 0 Å². The summed E-state index contributed by atoms with van der Waals surface area (Å²) in [5.41, 5.74) is 0.967. The molecule has 18 heavy (non-hydrogen) atoms. The van der Waals surface area contributed by atoms with Crippen LogP contribution in [0.2, 0.25) is 0 Å². The summed E-state index contributed by atoms with van der Waals surface area (Å²) in [7, 11) is 0. The van der Waals surface area contributed by atoms with E-state index in [1.165, 1.54) is 0 Å². The Morgan fingerprint density at radius 3 is 2.50 bits per heavy atom. The van der Waals surface area contributed by atoms with Gasteiger partial charge in [-0.2, -0.15) is 0 Å². The van der Waals surface area contributed by atoms with Crippen molar-refractivity contribution in [3.05, 3.63) is 23.8 Å². The van der Waals surface area contributed by atoms with Gasteiger partial charge in [0.2, 0.25) is 0 Å². The standard InChI is InChI=1S/C15H25NO2/c1-4-9-16(6-3)12-13-7-8-14(11-15(13)17)18-10-5-2/h7-8,11,17H,4-6,9-10,12H2,1-3H3. The Balaban J connectivity index is 2.66. The molecule has 1 N–H and O–H groups in total. The molecule has 102 valence electrons. The second-order valence-electron chi connectivity index (χ2n) is 4.51. The van der Waals surface area contributed by atoms with Crippen molar-refractivity contribution in [2.24, 2.45) is 0 Å². The molecular formula is C15H25NO2. The van der Waals surface area contributed by atoms with E-state index in [1.54, 1.807) is 6.07 Å². The molecule has 0 radical (unpaired) electrons. The van der Waals surface area contributed by atoms with Gasteiger partial charge < -0.3 is 9.84 Å². The topological polar surface area (TPSA) is 32.7 Å². The van der Waals surface area contributed by atoms with Crippen LogP contribution in [0.1, 0.15) is 39.2 Å². The molecule has 0 aliphatic rings. The molecular weight excluding hydrogens is 226 g/mol. The maximum absolute atomic E-state index is 10.00. The Morgan fingerprint density at radius 1 is 1.17 bits per heavy atom. The molecule has 0 amide bonds. The number of aromatic hydroxyl groups is 1. The zero-order valence-corrected chi connectivity index (χ0v) is 11.8. The molecule has 3 nitrogen and oxygen atoms in total. The normalized spacial score (nSPS) is 10.9. The number of rotatable bonds is 8. The van der Waals surface area contributed by atoms with Crippen molar-refractivity contribution in [3.63, 3.8) is 0 Å². The van der Waals surface area contributed by atoms with Crippen molar-refractivity contribution >= 4 is 0 Å². The number of phenolic OH excluding ortho intramolecular Hbond substituents is 1. The Morgan fingerprint density at radius 2 is 1.94 bits per heavy atom. The van der Waals surface area contributed by atoms with E-state index in [0.29, 0.717) is 12.4 Å². The predicted octanol–water partition coefficient (Wildman–Crippen LogP) is 3.41. The third-order valence-electron chi connectivity index (χ3n) is 2.91. The highest BCUT2D eigenvalue weighted by molar-refractivity contribution is 5.39. The Hall–Kier alpha value is -1.22. The summed E-state index contributed by atoms with van der Waals surface area (Å²) in [5.74, 6) is 1.08. The lowest BCUT2D eigenvalue weighted by Crippen LogP contribution is -2.23. The minimum absolute atomic E-state index is 0.332. The van der Waals surface area contributed by atoms with Gasteiger partial charge in [-0.05, 0) is 32.0 Å². The summed E-state index contributed by atoms with van der Waals surface area (Å²) in [6.45, 7) is 9.93. The minimum atomic E-state index is 0.332. The van der Waals surface area contributed by atoms with E-state index >= 15 is 0 Å². The van der Waals surface area contributed by atoms with Gasteiger partial charge in [-0.15, -0.1) is 0 Å². The van der Waals surface area contributed by atoms with E-state index in [1.807, 2.05) is 12.1 Å². The smallest absolute Gasteiger partial charge is 0.123 e. The first kappa shape index (κ1) is 14.8. The molecule has 0 heterocycles. The molecule has 0 aromatic heterocycles. The summed E-state index contributed by atoms with van der Waals surface area (Å²) in [4.78, 5) is 2.32. The number of phenols is 1. The molecule has 0 bridgehead atoms. The van der Waals surface area contributed by atoms with Crippen molar-refractivity contribution in [3.8, 4) is 11.5 Å². The number of nitrogens with zero attached hydrogens (tertiary/aromatic N) is 1. The summed E-state index contributed by atoms with van der Waals surface area (Å²) in [5, 5.41) is 10.00. The Kier molecular flexibility index (Phi) is 6.58. The molecule has 0 fully saturated rings. The van der Waals surface area contributed by atoms with Crippen molar-refractivity contribution in [2.45, 2.75) is 40.2 Å². The summed E-state index contributed by atoms with van der Waals surface area (Å²) >= 11 is 0. The first-order chi connectivity index (χ1) is 8.71. The van der Waals surface area contributed by atoms with Gasteiger partial charge >= 0.3 is 0 Å². The molecule has 0 saturated carbocycles. The van der Waals surface area contributed by atoms with E-state index in [4.69, 9.17) is 4.74 Å². The van der Waals surface area contributed by atoms with Gasteiger partial charge in [-0.25, -0.2) is 0 Å². The van der Waals surface area contributed by atoms with Gasteiger partial charge in [0.1, 0.15) is 11.5 Å². The Bertz CT molecular complexity index is 352. The highest BCUT2D eigenvalue weighted by Gasteiger charge is 2.07. The molecule has 1 aromatic carbocycles. The van der Waals surface area contributed by atoms with E-state index in [9.17, 15) is 5.11 Å². The quantitative estimate of drug-likeness (QED) is 0.768. The number of hydrogen-bond acceptors (Lipinski definition) is 3. The zero-order valence-electron chi connectivity index (χ0n) is 11.8. The van der Waals surface area contributed by atoms with Gasteiger partial charge in [0.05, 0.1) is 6.61 Å². The predicted molar refractivity (Wildman–Crippen MR) is 75.1 cm³/mol. The monoisotopic (exact) mass is 251 g/mol. The van der Waals surface area contributed by atoms with Crippen LogP contribution in [0, 0.1) is 0 Å². The van der Waals surface area contributed by atoms with E-state index in [-0.39, 0.29) is 0 Å². The van der Waals surface area contributed by atoms with Gasteiger partial charge in [0.15, 0.2) is 0 Å². The number of benzene rings is 1. The van der Waals surface area contributed by atoms with E-state index in [0.717, 1.165) is 43.8 Å². The van der Waals surface area contributed by atoms with Gasteiger partial charge in [-0.1, -0.05) is 26.8 Å². The SMILES string of the molecule is CCCOc1ccc(CN(CC)CCC)c(O)c1. The molecule has 0 aliphatic heterocycles. The summed E-state index contributed by atoms with van der Waals surface area (Å²) in [6.07, 6.45) is 2.11. The fraction of sp³-hybridized carbons (Fsp3) is 0.600. The third kappa shape index (κ3) is 4.57. The molecule has 0 saturated heterocycles. The molecule has 1 rings (SSSR count).